The summed E-state index contributed by atoms with van der Waals surface area (Å²) in [4.78, 5) is 37.3. The second-order valence-electron chi connectivity index (χ2n) is 7.36. The van der Waals surface area contributed by atoms with Crippen molar-refractivity contribution in [1.82, 2.24) is 5.32 Å². The zero-order valence-corrected chi connectivity index (χ0v) is 18.8. The van der Waals surface area contributed by atoms with E-state index in [-0.39, 0.29) is 23.4 Å². The summed E-state index contributed by atoms with van der Waals surface area (Å²) in [6, 6.07) is 12.8. The molecule has 0 fully saturated rings. The number of hydrogen-bond acceptors (Lipinski definition) is 7. The smallest absolute Gasteiger partial charge is 0.336 e. The number of amides is 1. The molecule has 0 saturated carbocycles. The Morgan fingerprint density at radius 3 is 2.45 bits per heavy atom. The zero-order valence-electron chi connectivity index (χ0n) is 18.8. The molecule has 1 aliphatic rings. The van der Waals surface area contributed by atoms with Crippen molar-refractivity contribution < 1.29 is 24.0 Å². The van der Waals surface area contributed by atoms with Crippen LogP contribution in [-0.4, -0.2) is 30.5 Å². The minimum absolute atomic E-state index is 0.142. The number of hydrogen-bond donors (Lipinski definition) is 2. The number of carbonyl (C=O) groups is 2. The zero-order chi connectivity index (χ0) is 24.1. The van der Waals surface area contributed by atoms with Crippen molar-refractivity contribution in [2.45, 2.75) is 26.7 Å². The van der Waals surface area contributed by atoms with E-state index in [9.17, 15) is 19.7 Å². The summed E-state index contributed by atoms with van der Waals surface area (Å²) in [7, 11) is 1.49. The Morgan fingerprint density at radius 2 is 1.79 bits per heavy atom. The number of dihydropyridines is 1. The van der Waals surface area contributed by atoms with Crippen molar-refractivity contribution in [2.24, 2.45) is 0 Å². The molecule has 9 nitrogen and oxygen atoms in total. The van der Waals surface area contributed by atoms with Gasteiger partial charge >= 0.3 is 5.97 Å². The molecule has 3 rings (SSSR count). The summed E-state index contributed by atoms with van der Waals surface area (Å²) >= 11 is 0. The Hall–Kier alpha value is -4.14. The summed E-state index contributed by atoms with van der Waals surface area (Å²) in [6.07, 6.45) is 0. The van der Waals surface area contributed by atoms with Crippen LogP contribution in [0.15, 0.2) is 71.1 Å². The van der Waals surface area contributed by atoms with Crippen LogP contribution in [0.25, 0.3) is 0 Å². The van der Waals surface area contributed by atoms with Gasteiger partial charge in [-0.05, 0) is 38.5 Å². The van der Waals surface area contributed by atoms with Gasteiger partial charge in [-0.15, -0.1) is 0 Å². The molecule has 1 amide bonds. The van der Waals surface area contributed by atoms with E-state index in [1.165, 1.54) is 25.3 Å². The lowest BCUT2D eigenvalue weighted by molar-refractivity contribution is -0.384. The molecule has 0 aromatic heterocycles. The first-order valence-corrected chi connectivity index (χ1v) is 10.3. The topological polar surface area (TPSA) is 120 Å². The fourth-order valence-corrected chi connectivity index (χ4v) is 3.86. The lowest BCUT2D eigenvalue weighted by Crippen LogP contribution is -2.34. The highest BCUT2D eigenvalue weighted by Gasteiger charge is 2.38. The highest BCUT2D eigenvalue weighted by atomic mass is 16.6. The summed E-state index contributed by atoms with van der Waals surface area (Å²) < 4.78 is 10.6. The number of non-ortho nitro benzene ring substituents is 1. The number of nitro benzene ring substituents is 1. The SMILES string of the molecule is CCOC(=O)C1=C(C)NC(C)=C(C(=O)Nc2ccccc2OC)C1c1cccc([N+](=O)[O-])c1. The van der Waals surface area contributed by atoms with Crippen molar-refractivity contribution in [1.29, 1.82) is 0 Å². The van der Waals surface area contributed by atoms with E-state index in [0.717, 1.165) is 0 Å². The predicted octanol–water partition coefficient (Wildman–Crippen LogP) is 4.04. The molecule has 1 aliphatic heterocycles. The molecule has 33 heavy (non-hydrogen) atoms. The first kappa shape index (κ1) is 23.5. The Balaban J connectivity index is 2.14. The third kappa shape index (κ3) is 4.87. The summed E-state index contributed by atoms with van der Waals surface area (Å²) in [5.74, 6) is -1.48. The van der Waals surface area contributed by atoms with Gasteiger partial charge in [0.25, 0.3) is 11.6 Å². The van der Waals surface area contributed by atoms with Crippen LogP contribution in [0, 0.1) is 10.1 Å². The first-order valence-electron chi connectivity index (χ1n) is 10.3. The van der Waals surface area contributed by atoms with Gasteiger partial charge in [0.2, 0.25) is 0 Å². The monoisotopic (exact) mass is 451 g/mol. The van der Waals surface area contributed by atoms with Crippen LogP contribution in [0.1, 0.15) is 32.3 Å². The molecular weight excluding hydrogens is 426 g/mol. The van der Waals surface area contributed by atoms with E-state index < -0.39 is 22.7 Å². The second kappa shape index (κ2) is 9.99. The average Bonchev–Trinajstić information content (AvgIpc) is 2.79. The number of carbonyl (C=O) groups excluding carboxylic acids is 2. The van der Waals surface area contributed by atoms with Crippen LogP contribution in [-0.2, 0) is 14.3 Å². The van der Waals surface area contributed by atoms with Crippen LogP contribution >= 0.6 is 0 Å². The highest BCUT2D eigenvalue weighted by molar-refractivity contribution is 6.09. The average molecular weight is 451 g/mol. The normalized spacial score (nSPS) is 15.6. The molecular formula is C24H25N3O6. The third-order valence-electron chi connectivity index (χ3n) is 5.27. The van der Waals surface area contributed by atoms with Crippen molar-refractivity contribution >= 4 is 23.3 Å². The fourth-order valence-electron chi connectivity index (χ4n) is 3.86. The van der Waals surface area contributed by atoms with Gasteiger partial charge in [0, 0.05) is 29.1 Å². The fraction of sp³-hybridized carbons (Fsp3) is 0.250. The third-order valence-corrected chi connectivity index (χ3v) is 5.27. The molecule has 2 aromatic rings. The minimum atomic E-state index is -0.875. The number of ether oxygens (including phenoxy) is 2. The van der Waals surface area contributed by atoms with Crippen LogP contribution in [0.4, 0.5) is 11.4 Å². The number of methoxy groups -OCH3 is 1. The largest absolute Gasteiger partial charge is 0.495 e. The summed E-state index contributed by atoms with van der Waals surface area (Å²) in [5.41, 5.74) is 2.22. The number of anilines is 1. The van der Waals surface area contributed by atoms with Crippen molar-refractivity contribution in [2.75, 3.05) is 19.0 Å². The molecule has 2 N–H and O–H groups in total. The van der Waals surface area contributed by atoms with Gasteiger partial charge in [-0.2, -0.15) is 0 Å². The number of rotatable bonds is 7. The summed E-state index contributed by atoms with van der Waals surface area (Å²) in [6.45, 7) is 5.24. The van der Waals surface area contributed by atoms with E-state index in [1.54, 1.807) is 51.1 Å². The predicted molar refractivity (Wildman–Crippen MR) is 123 cm³/mol. The molecule has 1 unspecified atom stereocenters. The van der Waals surface area contributed by atoms with E-state index >= 15 is 0 Å². The van der Waals surface area contributed by atoms with E-state index in [2.05, 4.69) is 10.6 Å². The van der Waals surface area contributed by atoms with Crippen LogP contribution in [0.5, 0.6) is 5.75 Å². The van der Waals surface area contributed by atoms with Crippen LogP contribution in [0.2, 0.25) is 0 Å². The lowest BCUT2D eigenvalue weighted by Gasteiger charge is -2.31. The highest BCUT2D eigenvalue weighted by Crippen LogP contribution is 2.40. The van der Waals surface area contributed by atoms with Gasteiger partial charge in [-0.25, -0.2) is 4.79 Å². The molecule has 9 heteroatoms. The molecule has 0 bridgehead atoms. The molecule has 0 aliphatic carbocycles. The van der Waals surface area contributed by atoms with Crippen molar-refractivity contribution in [3.05, 3.63) is 86.7 Å². The van der Waals surface area contributed by atoms with Gasteiger partial charge in [0.15, 0.2) is 0 Å². The number of nitrogens with one attached hydrogen (secondary N) is 2. The van der Waals surface area contributed by atoms with Gasteiger partial charge in [0.1, 0.15) is 5.75 Å². The number of nitrogens with zero attached hydrogens (tertiary/aromatic N) is 1. The van der Waals surface area contributed by atoms with Crippen molar-refractivity contribution in [3.63, 3.8) is 0 Å². The molecule has 0 spiro atoms. The van der Waals surface area contributed by atoms with Crippen LogP contribution in [0.3, 0.4) is 0 Å². The standard InChI is InChI=1S/C24H25N3O6/c1-5-33-24(29)21-15(3)25-14(2)20(22(21)16-9-8-10-17(13-16)27(30)31)23(28)26-18-11-6-7-12-19(18)32-4/h6-13,22,25H,5H2,1-4H3,(H,26,28). The number of esters is 1. The van der Waals surface area contributed by atoms with E-state index in [0.29, 0.717) is 28.4 Å². The molecule has 172 valence electrons. The summed E-state index contributed by atoms with van der Waals surface area (Å²) in [5, 5.41) is 17.3. The van der Waals surface area contributed by atoms with E-state index in [1.807, 2.05) is 0 Å². The van der Waals surface area contributed by atoms with Gasteiger partial charge in [-0.1, -0.05) is 24.3 Å². The minimum Gasteiger partial charge on any atom is -0.495 e. The first-order chi connectivity index (χ1) is 15.8. The van der Waals surface area contributed by atoms with E-state index in [4.69, 9.17) is 9.47 Å². The molecule has 0 saturated heterocycles. The maximum atomic E-state index is 13.5. The molecule has 1 heterocycles. The molecule has 1 atom stereocenters. The molecule has 0 radical (unpaired) electrons. The van der Waals surface area contributed by atoms with Crippen molar-refractivity contribution in [3.8, 4) is 5.75 Å². The van der Waals surface area contributed by atoms with Gasteiger partial charge in [0.05, 0.1) is 35.8 Å². The van der Waals surface area contributed by atoms with Crippen LogP contribution < -0.4 is 15.4 Å². The maximum Gasteiger partial charge on any atom is 0.336 e. The number of allylic oxidation sites excluding steroid dienone is 2. The quantitative estimate of drug-likeness (QED) is 0.370. The molecule has 2 aromatic carbocycles. The number of nitro groups is 1. The van der Waals surface area contributed by atoms with Gasteiger partial charge < -0.3 is 20.1 Å². The Morgan fingerprint density at radius 1 is 1.09 bits per heavy atom. The van der Waals surface area contributed by atoms with Gasteiger partial charge in [-0.3, -0.25) is 14.9 Å². The second-order valence-corrected chi connectivity index (χ2v) is 7.36. The number of para-hydroxylation sites is 2. The lowest BCUT2D eigenvalue weighted by atomic mass is 9.80. The Bertz CT molecular complexity index is 1170. The maximum absolute atomic E-state index is 13.5. The number of benzene rings is 2. The Kier molecular flexibility index (Phi) is 7.12. The Labute approximate surface area is 191 Å².